The van der Waals surface area contributed by atoms with Gasteiger partial charge in [0.25, 0.3) is 7.82 Å². The minimum absolute atomic E-state index is 0.0206. The fourth-order valence-corrected chi connectivity index (χ4v) is 11.8. The molecule has 10 heteroatoms. The molecule has 3 unspecified atom stereocenters. The molecule has 0 heterocycles. The number of carbonyl (C=O) groups is 2. The molecule has 0 aliphatic carbocycles. The second kappa shape index (κ2) is 64.9. The first-order valence-electron chi connectivity index (χ1n) is 36.9. The molecule has 0 bridgehead atoms. The van der Waals surface area contributed by atoms with Crippen LogP contribution in [0.3, 0.4) is 0 Å². The molecule has 0 fully saturated rings. The highest BCUT2D eigenvalue weighted by atomic mass is 31.2. The average molecular weight is 1220 g/mol. The van der Waals surface area contributed by atoms with E-state index < -0.39 is 20.0 Å². The number of hydrogen-bond donors (Lipinski definition) is 1. The van der Waals surface area contributed by atoms with Gasteiger partial charge in [-0.15, -0.1) is 0 Å². The number of unbranched alkanes of at least 4 members (excludes halogenated alkanes) is 46. The van der Waals surface area contributed by atoms with Gasteiger partial charge in [-0.3, -0.25) is 14.2 Å². The molecule has 3 atom stereocenters. The zero-order chi connectivity index (χ0) is 62.1. The average Bonchev–Trinajstić information content (AvgIpc) is 3.64. The third-order valence-electron chi connectivity index (χ3n) is 16.8. The number of amides is 1. The van der Waals surface area contributed by atoms with Crippen LogP contribution < -0.4 is 10.2 Å². The number of allylic oxidation sites excluding steroid dienone is 7. The van der Waals surface area contributed by atoms with Gasteiger partial charge in [0.05, 0.1) is 33.8 Å². The summed E-state index contributed by atoms with van der Waals surface area (Å²) in [5.41, 5.74) is 0. The van der Waals surface area contributed by atoms with Crippen molar-refractivity contribution in [3.8, 4) is 0 Å². The number of likely N-dealkylation sites (N-methyl/N-ethyl adjacent to an activating group) is 1. The van der Waals surface area contributed by atoms with Crippen molar-refractivity contribution in [1.29, 1.82) is 0 Å². The van der Waals surface area contributed by atoms with E-state index in [1.165, 1.54) is 263 Å². The van der Waals surface area contributed by atoms with Crippen LogP contribution in [0.5, 0.6) is 0 Å². The quantitative estimate of drug-likeness (QED) is 0.0212. The van der Waals surface area contributed by atoms with Crippen molar-refractivity contribution in [3.63, 3.8) is 0 Å². The van der Waals surface area contributed by atoms with Crippen LogP contribution in [0, 0.1) is 0 Å². The molecule has 85 heavy (non-hydrogen) atoms. The lowest BCUT2D eigenvalue weighted by atomic mass is 10.0. The molecular formula is C75H143N2O7P. The first kappa shape index (κ1) is 83.0. The van der Waals surface area contributed by atoms with E-state index in [-0.39, 0.29) is 31.5 Å². The van der Waals surface area contributed by atoms with E-state index in [1.807, 2.05) is 33.3 Å². The Labute approximate surface area is 529 Å². The van der Waals surface area contributed by atoms with Gasteiger partial charge in [-0.1, -0.05) is 333 Å². The van der Waals surface area contributed by atoms with Crippen molar-refractivity contribution in [2.45, 2.75) is 380 Å². The highest BCUT2D eigenvalue weighted by Crippen LogP contribution is 2.38. The van der Waals surface area contributed by atoms with Crippen LogP contribution in [0.1, 0.15) is 367 Å². The maximum atomic E-state index is 13.6. The molecule has 0 aliphatic heterocycles. The summed E-state index contributed by atoms with van der Waals surface area (Å²) >= 11 is 0. The number of quaternary nitrogens is 1. The number of phosphoric ester groups is 1. The van der Waals surface area contributed by atoms with Crippen LogP contribution in [0.4, 0.5) is 0 Å². The Hall–Kier alpha value is -2.03. The molecule has 0 spiro atoms. The number of nitrogens with one attached hydrogen (secondary N) is 1. The first-order chi connectivity index (χ1) is 41.4. The highest BCUT2D eigenvalue weighted by molar-refractivity contribution is 7.45. The lowest BCUT2D eigenvalue weighted by Gasteiger charge is -2.30. The molecule has 0 rings (SSSR count). The number of nitrogens with zero attached hydrogens (tertiary/aromatic N) is 1. The van der Waals surface area contributed by atoms with Crippen LogP contribution in [0.15, 0.2) is 48.6 Å². The summed E-state index contributed by atoms with van der Waals surface area (Å²) < 4.78 is 30.5. The Bertz CT molecular complexity index is 1590. The predicted molar refractivity (Wildman–Crippen MR) is 367 cm³/mol. The topological polar surface area (TPSA) is 114 Å². The third-order valence-corrected chi connectivity index (χ3v) is 17.7. The van der Waals surface area contributed by atoms with Gasteiger partial charge in [0.1, 0.15) is 19.3 Å². The summed E-state index contributed by atoms with van der Waals surface area (Å²) in [6, 6.07) is -0.888. The van der Waals surface area contributed by atoms with Gasteiger partial charge < -0.3 is 28.5 Å². The van der Waals surface area contributed by atoms with Gasteiger partial charge in [0.15, 0.2) is 0 Å². The summed E-state index contributed by atoms with van der Waals surface area (Å²) in [5, 5.41) is 3.05. The maximum Gasteiger partial charge on any atom is 0.306 e. The lowest BCUT2D eigenvalue weighted by Crippen LogP contribution is -2.47. The van der Waals surface area contributed by atoms with Crippen LogP contribution in [0.2, 0.25) is 0 Å². The molecule has 0 aliphatic rings. The fourth-order valence-electron chi connectivity index (χ4n) is 11.1. The normalized spacial score (nSPS) is 13.7. The van der Waals surface area contributed by atoms with E-state index in [1.54, 1.807) is 0 Å². The number of phosphoric acid groups is 1. The van der Waals surface area contributed by atoms with Gasteiger partial charge in [-0.2, -0.15) is 0 Å². The van der Waals surface area contributed by atoms with Crippen molar-refractivity contribution in [2.24, 2.45) is 0 Å². The number of ether oxygens (including phenoxy) is 1. The summed E-state index contributed by atoms with van der Waals surface area (Å²) in [5.74, 6) is -0.523. The molecular weight excluding hydrogens is 1070 g/mol. The first-order valence-corrected chi connectivity index (χ1v) is 38.4. The maximum absolute atomic E-state index is 13.6. The van der Waals surface area contributed by atoms with E-state index in [0.717, 1.165) is 70.6 Å². The number of esters is 1. The van der Waals surface area contributed by atoms with Gasteiger partial charge in [-0.05, 0) is 70.3 Å². The van der Waals surface area contributed by atoms with E-state index in [9.17, 15) is 19.0 Å². The molecule has 1 amide bonds. The van der Waals surface area contributed by atoms with E-state index >= 15 is 0 Å². The summed E-state index contributed by atoms with van der Waals surface area (Å²) in [7, 11) is 1.20. The Balaban J connectivity index is 5.05. The second-order valence-electron chi connectivity index (χ2n) is 26.5. The number of rotatable bonds is 68. The van der Waals surface area contributed by atoms with Crippen molar-refractivity contribution >= 4 is 19.7 Å². The second-order valence-corrected chi connectivity index (χ2v) is 27.9. The molecule has 0 aromatic carbocycles. The zero-order valence-corrected chi connectivity index (χ0v) is 58.2. The minimum Gasteiger partial charge on any atom is -0.756 e. The van der Waals surface area contributed by atoms with Gasteiger partial charge in [0, 0.05) is 12.8 Å². The van der Waals surface area contributed by atoms with Crippen LogP contribution >= 0.6 is 7.82 Å². The molecule has 500 valence electrons. The summed E-state index contributed by atoms with van der Waals surface area (Å²) in [6.07, 6.45) is 82.3. The largest absolute Gasteiger partial charge is 0.756 e. The zero-order valence-electron chi connectivity index (χ0n) is 57.3. The Morgan fingerprint density at radius 3 is 1.09 bits per heavy atom. The van der Waals surface area contributed by atoms with Crippen LogP contribution in [-0.4, -0.2) is 69.4 Å². The minimum atomic E-state index is -4.70. The van der Waals surface area contributed by atoms with E-state index in [2.05, 4.69) is 62.5 Å². The summed E-state index contributed by atoms with van der Waals surface area (Å²) in [4.78, 5) is 40.2. The predicted octanol–water partition coefficient (Wildman–Crippen LogP) is 22.9. The van der Waals surface area contributed by atoms with Gasteiger partial charge in [0.2, 0.25) is 5.91 Å². The Morgan fingerprint density at radius 1 is 0.412 bits per heavy atom. The molecule has 0 saturated heterocycles. The number of hydrogen-bond acceptors (Lipinski definition) is 7. The fraction of sp³-hybridized carbons (Fsp3) is 0.867. The van der Waals surface area contributed by atoms with Crippen molar-refractivity contribution in [2.75, 3.05) is 40.9 Å². The Kier molecular flexibility index (Phi) is 63.4. The van der Waals surface area contributed by atoms with Crippen molar-refractivity contribution < 1.29 is 37.3 Å². The van der Waals surface area contributed by atoms with Crippen molar-refractivity contribution in [1.82, 2.24) is 5.32 Å². The van der Waals surface area contributed by atoms with E-state index in [0.29, 0.717) is 17.4 Å². The van der Waals surface area contributed by atoms with Gasteiger partial charge in [-0.25, -0.2) is 0 Å². The van der Waals surface area contributed by atoms with Crippen LogP contribution in [0.25, 0.3) is 0 Å². The van der Waals surface area contributed by atoms with Gasteiger partial charge >= 0.3 is 5.97 Å². The van der Waals surface area contributed by atoms with Crippen molar-refractivity contribution in [3.05, 3.63) is 48.6 Å². The lowest BCUT2D eigenvalue weighted by molar-refractivity contribution is -0.870. The molecule has 1 N–H and O–H groups in total. The monoisotopic (exact) mass is 1220 g/mol. The van der Waals surface area contributed by atoms with Crippen LogP contribution in [-0.2, 0) is 27.9 Å². The summed E-state index contributed by atoms with van der Waals surface area (Å²) in [6.45, 7) is 6.88. The third kappa shape index (κ3) is 66.2. The van der Waals surface area contributed by atoms with E-state index in [4.69, 9.17) is 13.8 Å². The standard InChI is InChI=1S/C75H143N2O7P/c1-7-10-13-16-19-22-25-28-30-32-34-36-37-38-39-41-42-44-46-49-52-55-58-61-64-67-74(78)76-72(71-83-85(80,81)82-70-69-77(4,5)6)73(66-63-60-57-54-51-48-27-24-21-18-15-12-9-3)84-75(79)68-65-62-59-56-53-50-47-45-43-40-35-33-31-29-26-23-20-17-14-11-8-2/h19,22,28,30,34,36,63,66,72-73H,7-18,20-21,23-27,29,31-33,35,37-62,64-65,67-71H2,1-6H3,(H-,76,78,80,81)/b22-19-,30-28-,36-34-,66-63+. The smallest absolute Gasteiger partial charge is 0.306 e. The molecule has 0 radical (unpaired) electrons. The highest BCUT2D eigenvalue weighted by Gasteiger charge is 2.27. The molecule has 0 saturated carbocycles. The SMILES string of the molecule is CCCCC/C=C\C/C=C\C/C=C\CCCCCCCCCCCCCCC(=O)NC(COP(=O)([O-])OCC[N+](C)(C)C)C(/C=C/CCCCCCCCCCCCC)OC(=O)CCCCCCCCCCCCCCCCCCCCCCC. The molecule has 9 nitrogen and oxygen atoms in total. The molecule has 0 aromatic rings. The Morgan fingerprint density at radius 2 is 0.718 bits per heavy atom. The number of carbonyl (C=O) groups excluding carboxylic acids is 2. The molecule has 0 aromatic heterocycles.